The van der Waals surface area contributed by atoms with Gasteiger partial charge in [-0.25, -0.2) is 4.98 Å². The molecule has 6 nitrogen and oxygen atoms in total. The van der Waals surface area contributed by atoms with Gasteiger partial charge in [-0.3, -0.25) is 4.79 Å². The predicted octanol–water partition coefficient (Wildman–Crippen LogP) is 4.55. The van der Waals surface area contributed by atoms with Crippen LogP contribution in [0.1, 0.15) is 28.8 Å². The van der Waals surface area contributed by atoms with Gasteiger partial charge in [-0.05, 0) is 51.8 Å². The van der Waals surface area contributed by atoms with Gasteiger partial charge in [0.05, 0.1) is 16.0 Å². The zero-order valence-electron chi connectivity index (χ0n) is 15.3. The average Bonchev–Trinajstić information content (AvgIpc) is 3.16. The molecule has 136 valence electrons. The molecule has 0 radical (unpaired) electrons. The van der Waals surface area contributed by atoms with Crippen molar-refractivity contribution in [1.29, 1.82) is 0 Å². The monoisotopic (exact) mass is 388 g/mol. The highest BCUT2D eigenvalue weighted by Crippen LogP contribution is 2.32. The molecule has 0 saturated carbocycles. The summed E-state index contributed by atoms with van der Waals surface area (Å²) >= 11 is 2.76. The number of benzene rings is 1. The third-order valence-electron chi connectivity index (χ3n) is 3.80. The number of aryl methyl sites for hydroxylation is 4. The van der Waals surface area contributed by atoms with Crippen molar-refractivity contribution in [3.8, 4) is 10.8 Å². The first kappa shape index (κ1) is 18.6. The Balaban J connectivity index is 1.68. The maximum absolute atomic E-state index is 12.5. The molecule has 2 heterocycles. The van der Waals surface area contributed by atoms with Gasteiger partial charge >= 0.3 is 0 Å². The summed E-state index contributed by atoms with van der Waals surface area (Å²) in [5.74, 6) is 0.339. The van der Waals surface area contributed by atoms with Crippen molar-refractivity contribution in [1.82, 2.24) is 15.2 Å². The van der Waals surface area contributed by atoms with E-state index >= 15 is 0 Å². The van der Waals surface area contributed by atoms with Crippen LogP contribution < -0.4 is 5.32 Å². The van der Waals surface area contributed by atoms with E-state index in [9.17, 15) is 4.79 Å². The van der Waals surface area contributed by atoms with E-state index in [4.69, 9.17) is 4.42 Å². The number of hydrogen-bond donors (Lipinski definition) is 1. The lowest BCUT2D eigenvalue weighted by Gasteiger charge is -2.12. The lowest BCUT2D eigenvalue weighted by molar-refractivity contribution is -0.115. The molecule has 3 aromatic rings. The average molecular weight is 389 g/mol. The smallest absolute Gasteiger partial charge is 0.277 e. The Kier molecular flexibility index (Phi) is 5.43. The zero-order chi connectivity index (χ0) is 18.8. The normalized spacial score (nSPS) is 12.2. The van der Waals surface area contributed by atoms with Crippen molar-refractivity contribution in [2.75, 3.05) is 5.32 Å². The van der Waals surface area contributed by atoms with Crippen LogP contribution >= 0.6 is 23.1 Å². The van der Waals surface area contributed by atoms with E-state index in [2.05, 4.69) is 20.5 Å². The molecule has 0 spiro atoms. The van der Waals surface area contributed by atoms with Gasteiger partial charge in [0, 0.05) is 5.69 Å². The van der Waals surface area contributed by atoms with Crippen molar-refractivity contribution < 1.29 is 9.21 Å². The second kappa shape index (κ2) is 7.59. The first-order chi connectivity index (χ1) is 12.3. The first-order valence-electron chi connectivity index (χ1n) is 8.16. The van der Waals surface area contributed by atoms with Crippen molar-refractivity contribution in [3.05, 3.63) is 40.0 Å². The van der Waals surface area contributed by atoms with Gasteiger partial charge in [0.1, 0.15) is 4.88 Å². The zero-order valence-corrected chi connectivity index (χ0v) is 16.9. The number of nitrogens with zero attached hydrogens (tertiary/aromatic N) is 3. The molecule has 1 aromatic carbocycles. The maximum Gasteiger partial charge on any atom is 0.277 e. The second-order valence-electron chi connectivity index (χ2n) is 6.09. The van der Waals surface area contributed by atoms with Gasteiger partial charge in [-0.15, -0.1) is 21.5 Å². The number of carbonyl (C=O) groups excluding carboxylic acids is 1. The molecular formula is C18H20N4O2S2. The molecule has 1 amide bonds. The fourth-order valence-electron chi connectivity index (χ4n) is 2.39. The van der Waals surface area contributed by atoms with Crippen LogP contribution in [0.25, 0.3) is 10.8 Å². The van der Waals surface area contributed by atoms with E-state index in [0.29, 0.717) is 11.1 Å². The van der Waals surface area contributed by atoms with Crippen LogP contribution in [0.4, 0.5) is 5.69 Å². The van der Waals surface area contributed by atoms with Gasteiger partial charge in [-0.2, -0.15) is 0 Å². The Labute approximate surface area is 160 Å². The number of rotatable bonds is 5. The van der Waals surface area contributed by atoms with Gasteiger partial charge in [0.25, 0.3) is 11.1 Å². The minimum atomic E-state index is -0.368. The predicted molar refractivity (Wildman–Crippen MR) is 105 cm³/mol. The molecule has 0 aliphatic carbocycles. The van der Waals surface area contributed by atoms with E-state index in [1.807, 2.05) is 52.8 Å². The van der Waals surface area contributed by atoms with Gasteiger partial charge < -0.3 is 9.73 Å². The number of thiazole rings is 1. The molecule has 1 atom stereocenters. The Morgan fingerprint density at radius 2 is 2.00 bits per heavy atom. The van der Waals surface area contributed by atoms with E-state index in [1.165, 1.54) is 23.1 Å². The van der Waals surface area contributed by atoms with Crippen LogP contribution in [-0.4, -0.2) is 26.3 Å². The summed E-state index contributed by atoms with van der Waals surface area (Å²) in [7, 11) is 0. The Morgan fingerprint density at radius 1 is 1.23 bits per heavy atom. The molecule has 1 N–H and O–H groups in total. The largest absolute Gasteiger partial charge is 0.410 e. The lowest BCUT2D eigenvalue weighted by Crippen LogP contribution is -2.22. The second-order valence-corrected chi connectivity index (χ2v) is 8.58. The molecule has 26 heavy (non-hydrogen) atoms. The molecule has 0 aliphatic rings. The SMILES string of the molecule is Cc1ccc(C)c(NC(=O)C(C)Sc2nnc(-c3sc(C)nc3C)o2)c1. The fraction of sp³-hybridized carbons (Fsp3) is 0.333. The van der Waals surface area contributed by atoms with Crippen molar-refractivity contribution in [3.63, 3.8) is 0 Å². The molecule has 0 aliphatic heterocycles. The summed E-state index contributed by atoms with van der Waals surface area (Å²) in [4.78, 5) is 17.7. The number of anilines is 1. The maximum atomic E-state index is 12.5. The third kappa shape index (κ3) is 4.13. The molecule has 2 aromatic heterocycles. The van der Waals surface area contributed by atoms with Crippen LogP contribution in [0.2, 0.25) is 0 Å². The quantitative estimate of drug-likeness (QED) is 0.646. The number of hydrogen-bond acceptors (Lipinski definition) is 7. The molecule has 0 fully saturated rings. The van der Waals surface area contributed by atoms with Gasteiger partial charge in [-0.1, -0.05) is 23.9 Å². The number of amides is 1. The number of nitrogens with one attached hydrogen (secondary N) is 1. The topological polar surface area (TPSA) is 80.9 Å². The van der Waals surface area contributed by atoms with E-state index in [0.717, 1.165) is 32.4 Å². The van der Waals surface area contributed by atoms with Gasteiger partial charge in [0.2, 0.25) is 5.91 Å². The Bertz CT molecular complexity index is 949. The summed E-state index contributed by atoms with van der Waals surface area (Å²) in [6.45, 7) is 9.63. The highest BCUT2D eigenvalue weighted by molar-refractivity contribution is 8.00. The van der Waals surface area contributed by atoms with Crippen molar-refractivity contribution in [2.45, 2.75) is 45.1 Å². The molecule has 3 rings (SSSR count). The molecule has 0 saturated heterocycles. The summed E-state index contributed by atoms with van der Waals surface area (Å²) in [5.41, 5.74) is 3.82. The number of carbonyl (C=O) groups is 1. The van der Waals surface area contributed by atoms with Crippen LogP contribution in [0, 0.1) is 27.7 Å². The van der Waals surface area contributed by atoms with E-state index in [-0.39, 0.29) is 11.2 Å². The summed E-state index contributed by atoms with van der Waals surface area (Å²) in [6, 6.07) is 5.98. The van der Waals surface area contributed by atoms with Gasteiger partial charge in [0.15, 0.2) is 0 Å². The van der Waals surface area contributed by atoms with Crippen LogP contribution in [0.5, 0.6) is 0 Å². The lowest BCUT2D eigenvalue weighted by atomic mass is 10.1. The van der Waals surface area contributed by atoms with Crippen molar-refractivity contribution in [2.24, 2.45) is 0 Å². The van der Waals surface area contributed by atoms with Crippen molar-refractivity contribution >= 4 is 34.7 Å². The van der Waals surface area contributed by atoms with Crippen LogP contribution in [-0.2, 0) is 4.79 Å². The highest BCUT2D eigenvalue weighted by Gasteiger charge is 2.21. The minimum Gasteiger partial charge on any atom is -0.410 e. The number of thioether (sulfide) groups is 1. The Hall–Kier alpha value is -2.19. The van der Waals surface area contributed by atoms with E-state index in [1.54, 1.807) is 0 Å². The Morgan fingerprint density at radius 3 is 2.69 bits per heavy atom. The van der Waals surface area contributed by atoms with Crippen LogP contribution in [0.3, 0.4) is 0 Å². The molecule has 0 bridgehead atoms. The summed E-state index contributed by atoms with van der Waals surface area (Å²) in [6.07, 6.45) is 0. The first-order valence-corrected chi connectivity index (χ1v) is 9.86. The van der Waals surface area contributed by atoms with Crippen LogP contribution in [0.15, 0.2) is 27.8 Å². The number of aromatic nitrogens is 3. The molecular weight excluding hydrogens is 368 g/mol. The minimum absolute atomic E-state index is 0.103. The fourth-order valence-corrected chi connectivity index (χ4v) is 3.91. The molecule has 8 heteroatoms. The summed E-state index contributed by atoms with van der Waals surface area (Å²) in [5, 5.41) is 12.0. The van der Waals surface area contributed by atoms with E-state index < -0.39 is 0 Å². The standard InChI is InChI=1S/C18H20N4O2S2/c1-9-6-7-10(2)14(8-9)20-16(23)12(4)25-18-22-21-17(24-18)15-11(3)19-13(5)26-15/h6-8,12H,1-5H3,(H,20,23). The molecule has 1 unspecified atom stereocenters. The summed E-state index contributed by atoms with van der Waals surface area (Å²) < 4.78 is 5.71. The third-order valence-corrected chi connectivity index (χ3v) is 5.80. The highest BCUT2D eigenvalue weighted by atomic mass is 32.2.